The van der Waals surface area contributed by atoms with E-state index in [2.05, 4.69) is 161 Å². The van der Waals surface area contributed by atoms with Crippen molar-refractivity contribution < 1.29 is 24.0 Å². The number of benzene rings is 5. The summed E-state index contributed by atoms with van der Waals surface area (Å²) in [4.78, 5) is 74.0. The Hall–Kier alpha value is -3.50. The van der Waals surface area contributed by atoms with Gasteiger partial charge >= 0.3 is 0 Å². The maximum atomic E-state index is 13.7. The topological polar surface area (TPSA) is 146 Å². The van der Waals surface area contributed by atoms with Crippen LogP contribution in [-0.4, -0.2) is 91.0 Å². The Balaban J connectivity index is 1.43. The second kappa shape index (κ2) is 41.9. The zero-order valence-corrected chi connectivity index (χ0v) is 65.5. The van der Waals surface area contributed by atoms with Crippen LogP contribution in [0.4, 0.5) is 0 Å². The Morgan fingerprint density at radius 3 is 0.568 bits per heavy atom. The highest BCUT2D eigenvalue weighted by Gasteiger charge is 2.29. The maximum absolute atomic E-state index is 13.7. The molecule has 530 valence electrons. The number of carbonyl (C=O) groups is 5. The Morgan fingerprint density at radius 2 is 0.421 bits per heavy atom. The van der Waals surface area contributed by atoms with Crippen molar-refractivity contribution in [2.75, 3.05) is 61.5 Å². The molecular weight excluding hydrogens is 1270 g/mol. The van der Waals surface area contributed by atoms with Crippen molar-refractivity contribution in [3.8, 4) is 0 Å². The molecule has 0 radical (unpaired) electrons. The molecule has 5 atom stereocenters. The Labute approximate surface area is 596 Å². The molecule has 0 heterocycles. The summed E-state index contributed by atoms with van der Waals surface area (Å²) >= 11 is 8.75. The highest BCUT2D eigenvalue weighted by Crippen LogP contribution is 2.57. The molecule has 0 aliphatic heterocycles. The number of amides is 5. The lowest BCUT2D eigenvalue weighted by atomic mass is 9.99. The molecule has 0 saturated carbocycles. The number of hydrogen-bond donors (Lipinski definition) is 5. The van der Waals surface area contributed by atoms with Gasteiger partial charge in [-0.15, -0.1) is 58.8 Å². The van der Waals surface area contributed by atoms with Crippen LogP contribution in [0.25, 0.3) is 53.9 Å². The van der Waals surface area contributed by atoms with Crippen LogP contribution in [0.15, 0.2) is 54.8 Å². The van der Waals surface area contributed by atoms with Gasteiger partial charge in [0.15, 0.2) is 0 Å². The molecular formula is C80H125N5O5S5. The van der Waals surface area contributed by atoms with Gasteiger partial charge < -0.3 is 26.6 Å². The molecule has 0 saturated heterocycles. The fourth-order valence-electron chi connectivity index (χ4n) is 13.0. The summed E-state index contributed by atoms with van der Waals surface area (Å²) < 4.78 is 0. The molecule has 0 aliphatic carbocycles. The number of nitrogens with one attached hydrogen (secondary N) is 5. The standard InChI is InChI=1S/C80H125N5O5S5/c1-51(2)21-16-26-56(11)46-81-71(86)31-36-91-66-41-62-68(93-38-33-73(88)83-48-58(13)28-18-23-53(5)6)43-64-70(95-40-35-75(90)85-50-60(15)30-20-25-55(9)10)45-65-69(94-39-34-74(89)84-49-59(14)29-19-24-54(7)8)44-63-67(42-61(66)76-77(62)79(64)80(65)78(63)76)92-37-32-72(87)82-47-57(12)27-17-22-52(3)4/h41-45,51-60H,16-40,46-50H2,1-15H3,(H,81,86)(H,82,87)(H,83,88)(H,84,89)(H,85,90)/t56-,57-,58-,59-,60-/m1/s1. The smallest absolute Gasteiger partial charge is 0.220 e. The summed E-state index contributed by atoms with van der Waals surface area (Å²) in [6, 6.07) is 11.9. The van der Waals surface area contributed by atoms with Gasteiger partial charge in [0, 0.05) is 118 Å². The highest BCUT2D eigenvalue weighted by molar-refractivity contribution is 8.00. The van der Waals surface area contributed by atoms with Gasteiger partial charge in [-0.2, -0.15) is 0 Å². The highest BCUT2D eigenvalue weighted by atomic mass is 32.2. The van der Waals surface area contributed by atoms with Gasteiger partial charge in [0.05, 0.1) is 0 Å². The van der Waals surface area contributed by atoms with Crippen molar-refractivity contribution in [3.05, 3.63) is 30.3 Å². The number of rotatable bonds is 50. The van der Waals surface area contributed by atoms with Gasteiger partial charge in [0.25, 0.3) is 0 Å². The van der Waals surface area contributed by atoms with E-state index in [9.17, 15) is 24.0 Å². The SMILES string of the molecule is CC(C)CCC[C@@H](C)CNC(=O)CCSc1cc2c(SCCC(=O)NC[C@H](C)CCCC(C)C)cc3c(SCCC(=O)NC[C@H](C)CCCC(C)C)cc4c(SCCC(=O)NC[C@H](C)CCCC(C)C)cc5c(SCCC(=O)NC[C@H](C)CCCC(C)C)cc1c1c5c4c3c21. The third-order valence-corrected chi connectivity index (χ3v) is 24.2. The predicted octanol–water partition coefficient (Wildman–Crippen LogP) is 21.1. The lowest BCUT2D eigenvalue weighted by molar-refractivity contribution is -0.121. The van der Waals surface area contributed by atoms with Crippen LogP contribution in [-0.2, 0) is 24.0 Å². The molecule has 6 aromatic carbocycles. The monoisotopic (exact) mass is 1400 g/mol. The summed E-state index contributed by atoms with van der Waals surface area (Å²) in [7, 11) is 0. The van der Waals surface area contributed by atoms with Crippen molar-refractivity contribution in [1.82, 2.24) is 26.6 Å². The van der Waals surface area contributed by atoms with Crippen LogP contribution in [0.3, 0.4) is 0 Å². The molecule has 5 N–H and O–H groups in total. The van der Waals surface area contributed by atoms with Gasteiger partial charge in [-0.3, -0.25) is 24.0 Å². The van der Waals surface area contributed by atoms with E-state index >= 15 is 0 Å². The van der Waals surface area contributed by atoms with Crippen molar-refractivity contribution in [2.24, 2.45) is 59.2 Å². The minimum Gasteiger partial charge on any atom is -0.356 e. The third kappa shape index (κ3) is 27.2. The van der Waals surface area contributed by atoms with Crippen LogP contribution in [0.5, 0.6) is 0 Å². The van der Waals surface area contributed by atoms with E-state index in [1.54, 1.807) is 58.8 Å². The largest absolute Gasteiger partial charge is 0.356 e. The first kappa shape index (κ1) is 80.5. The number of carbonyl (C=O) groups excluding carboxylic acids is 5. The summed E-state index contributed by atoms with van der Waals surface area (Å²) in [5.41, 5.74) is 0. The van der Waals surface area contributed by atoms with Gasteiger partial charge in [-0.25, -0.2) is 0 Å². The molecule has 0 unspecified atom stereocenters. The average molecular weight is 1400 g/mol. The second-order valence-corrected chi connectivity index (χ2v) is 36.3. The summed E-state index contributed by atoms with van der Waals surface area (Å²) in [5.74, 6) is 8.87. The molecule has 15 heteroatoms. The van der Waals surface area contributed by atoms with Gasteiger partial charge in [0.1, 0.15) is 0 Å². The number of hydrogen-bond acceptors (Lipinski definition) is 10. The average Bonchev–Trinajstić information content (AvgIpc) is 1.52. The predicted molar refractivity (Wildman–Crippen MR) is 419 cm³/mol. The first-order valence-electron chi connectivity index (χ1n) is 37.2. The Bertz CT molecular complexity index is 2750. The lowest BCUT2D eigenvalue weighted by Gasteiger charge is -2.17. The van der Waals surface area contributed by atoms with Gasteiger partial charge in [0.2, 0.25) is 29.5 Å². The van der Waals surface area contributed by atoms with Crippen molar-refractivity contribution in [2.45, 2.75) is 257 Å². The maximum Gasteiger partial charge on any atom is 0.220 e. The zero-order chi connectivity index (χ0) is 69.1. The van der Waals surface area contributed by atoms with Crippen LogP contribution in [0.1, 0.15) is 232 Å². The van der Waals surface area contributed by atoms with Crippen LogP contribution in [0, 0.1) is 59.2 Å². The van der Waals surface area contributed by atoms with E-state index in [-0.39, 0.29) is 29.5 Å². The molecule has 0 spiro atoms. The zero-order valence-electron chi connectivity index (χ0n) is 61.5. The molecule has 0 fully saturated rings. The summed E-state index contributed by atoms with van der Waals surface area (Å²) in [6.07, 6.45) is 19.3. The van der Waals surface area contributed by atoms with E-state index in [1.807, 2.05) is 0 Å². The van der Waals surface area contributed by atoms with E-state index in [0.717, 1.165) is 83.5 Å². The molecule has 5 amide bonds. The molecule has 0 aliphatic rings. The number of thioether (sulfide) groups is 5. The fourth-order valence-corrected chi connectivity index (χ4v) is 18.1. The summed E-state index contributed by atoms with van der Waals surface area (Å²) in [6.45, 7) is 37.3. The Kier molecular flexibility index (Phi) is 35.5. The van der Waals surface area contributed by atoms with Gasteiger partial charge in [-0.05, 0) is 175 Å². The first-order valence-corrected chi connectivity index (χ1v) is 42.1. The van der Waals surface area contributed by atoms with Crippen LogP contribution < -0.4 is 26.6 Å². The minimum atomic E-state index is 0.0752. The normalized spacial score (nSPS) is 13.9. The van der Waals surface area contributed by atoms with Crippen molar-refractivity contribution in [3.63, 3.8) is 0 Å². The first-order chi connectivity index (χ1) is 45.4. The van der Waals surface area contributed by atoms with Crippen molar-refractivity contribution in [1.29, 1.82) is 0 Å². The van der Waals surface area contributed by atoms with Crippen molar-refractivity contribution >= 4 is 142 Å². The molecule has 6 aromatic rings. The van der Waals surface area contributed by atoms with Crippen LogP contribution in [0.2, 0.25) is 0 Å². The van der Waals surface area contributed by atoms with E-state index in [4.69, 9.17) is 0 Å². The van der Waals surface area contributed by atoms with Crippen LogP contribution >= 0.6 is 58.8 Å². The van der Waals surface area contributed by atoms with E-state index < -0.39 is 0 Å². The second-order valence-electron chi connectivity index (χ2n) is 30.6. The quantitative estimate of drug-likeness (QED) is 0.0185. The molecule has 0 bridgehead atoms. The lowest BCUT2D eigenvalue weighted by Crippen LogP contribution is -2.28. The van der Waals surface area contributed by atoms with E-state index in [1.165, 1.54) is 91.1 Å². The summed E-state index contributed by atoms with van der Waals surface area (Å²) in [5, 5.41) is 28.2. The third-order valence-electron chi connectivity index (χ3n) is 18.9. The Morgan fingerprint density at radius 1 is 0.263 bits per heavy atom. The van der Waals surface area contributed by atoms with Gasteiger partial charge in [-0.1, -0.05) is 168 Å². The molecule has 95 heavy (non-hydrogen) atoms. The van der Waals surface area contributed by atoms with E-state index in [0.29, 0.717) is 153 Å². The molecule has 0 aromatic heterocycles. The molecule has 10 nitrogen and oxygen atoms in total. The minimum absolute atomic E-state index is 0.0752. The fraction of sp³-hybridized carbons (Fsp3) is 0.688. The molecule has 6 rings (SSSR count).